The van der Waals surface area contributed by atoms with Crippen LogP contribution >= 0.6 is 23.5 Å². The molecule has 14 heavy (non-hydrogen) atoms. The molecule has 0 radical (unpaired) electrons. The highest BCUT2D eigenvalue weighted by Crippen LogP contribution is 2.44. The van der Waals surface area contributed by atoms with E-state index in [0.29, 0.717) is 5.25 Å². The summed E-state index contributed by atoms with van der Waals surface area (Å²) in [7, 11) is 1.29. The van der Waals surface area contributed by atoms with E-state index in [1.54, 1.807) is 23.5 Å². The molecule has 1 unspecified atom stereocenters. The second-order valence-electron chi connectivity index (χ2n) is 2.72. The van der Waals surface area contributed by atoms with Crippen molar-refractivity contribution in [1.29, 1.82) is 5.26 Å². The predicted molar refractivity (Wildman–Crippen MR) is 58.8 cm³/mol. The van der Waals surface area contributed by atoms with Gasteiger partial charge in [0, 0.05) is 11.0 Å². The van der Waals surface area contributed by atoms with Gasteiger partial charge in [-0.25, -0.2) is 4.79 Å². The number of rotatable bonds is 2. The van der Waals surface area contributed by atoms with Crippen LogP contribution in [0, 0.1) is 11.3 Å². The van der Waals surface area contributed by atoms with Crippen LogP contribution in [0.3, 0.4) is 0 Å². The first-order chi connectivity index (χ1) is 6.72. The van der Waals surface area contributed by atoms with E-state index >= 15 is 0 Å². The van der Waals surface area contributed by atoms with Crippen LogP contribution in [-0.2, 0) is 9.53 Å². The Hall–Kier alpha value is -0.600. The van der Waals surface area contributed by atoms with Crippen molar-refractivity contribution in [2.75, 3.05) is 12.9 Å². The first-order valence-corrected chi connectivity index (χ1v) is 6.11. The Bertz CT molecular complexity index is 306. The molecule has 76 valence electrons. The van der Waals surface area contributed by atoms with E-state index in [4.69, 9.17) is 5.26 Å². The highest BCUT2D eigenvalue weighted by atomic mass is 32.2. The number of thioether (sulfide) groups is 2. The van der Waals surface area contributed by atoms with E-state index in [1.165, 1.54) is 7.11 Å². The molecule has 1 atom stereocenters. The topological polar surface area (TPSA) is 50.1 Å². The normalized spacial score (nSPS) is 24.2. The standard InChI is InChI=1S/C9H11NO2S2/c1-3-6-5-13-9(14-6)7(4-10)8(11)12-2/h6H,3,5H2,1-2H3. The fraction of sp³-hybridized carbons (Fsp3) is 0.556. The average molecular weight is 229 g/mol. The van der Waals surface area contributed by atoms with Gasteiger partial charge in [0.15, 0.2) is 5.57 Å². The molecular formula is C9H11NO2S2. The summed E-state index contributed by atoms with van der Waals surface area (Å²) in [5.41, 5.74) is 0.151. The van der Waals surface area contributed by atoms with Crippen LogP contribution < -0.4 is 0 Å². The van der Waals surface area contributed by atoms with Crippen LogP contribution in [0.15, 0.2) is 9.81 Å². The molecule has 0 N–H and O–H groups in total. The lowest BCUT2D eigenvalue weighted by atomic mass is 10.3. The number of hydrogen-bond acceptors (Lipinski definition) is 5. The van der Waals surface area contributed by atoms with Gasteiger partial charge in [-0.3, -0.25) is 0 Å². The van der Waals surface area contributed by atoms with Crippen molar-refractivity contribution < 1.29 is 9.53 Å². The number of nitrogens with zero attached hydrogens (tertiary/aromatic N) is 1. The number of carbonyl (C=O) groups excluding carboxylic acids is 1. The third-order valence-electron chi connectivity index (χ3n) is 1.83. The summed E-state index contributed by atoms with van der Waals surface area (Å²) in [6, 6.07) is 1.90. The van der Waals surface area contributed by atoms with Crippen LogP contribution in [-0.4, -0.2) is 24.1 Å². The van der Waals surface area contributed by atoms with E-state index in [2.05, 4.69) is 11.7 Å². The molecule has 1 aliphatic heterocycles. The molecule has 0 bridgehead atoms. The summed E-state index contributed by atoms with van der Waals surface area (Å²) in [5.74, 6) is 0.442. The lowest BCUT2D eigenvalue weighted by molar-refractivity contribution is -0.135. The van der Waals surface area contributed by atoms with Gasteiger partial charge in [-0.1, -0.05) is 6.92 Å². The molecule has 1 heterocycles. The Kier molecular flexibility index (Phi) is 4.36. The number of carbonyl (C=O) groups is 1. The second kappa shape index (κ2) is 5.32. The zero-order chi connectivity index (χ0) is 10.6. The summed E-state index contributed by atoms with van der Waals surface area (Å²) in [5, 5.41) is 9.33. The highest BCUT2D eigenvalue weighted by molar-refractivity contribution is 8.25. The minimum atomic E-state index is -0.528. The molecular weight excluding hydrogens is 218 g/mol. The SMILES string of the molecule is CCC1CSC(=C(C#N)C(=O)OC)S1. The first-order valence-electron chi connectivity index (χ1n) is 4.25. The molecule has 0 amide bonds. The van der Waals surface area contributed by atoms with Gasteiger partial charge >= 0.3 is 5.97 Å². The Balaban J connectivity index is 2.82. The van der Waals surface area contributed by atoms with Gasteiger partial charge < -0.3 is 4.74 Å². The third kappa shape index (κ3) is 2.46. The summed E-state index contributed by atoms with van der Waals surface area (Å²) in [6.07, 6.45) is 1.06. The zero-order valence-electron chi connectivity index (χ0n) is 8.07. The molecule has 5 heteroatoms. The average Bonchev–Trinajstić information content (AvgIpc) is 2.67. The smallest absolute Gasteiger partial charge is 0.350 e. The molecule has 1 rings (SSSR count). The molecule has 3 nitrogen and oxygen atoms in total. The van der Waals surface area contributed by atoms with Crippen LogP contribution in [0.2, 0.25) is 0 Å². The van der Waals surface area contributed by atoms with E-state index in [0.717, 1.165) is 16.4 Å². The van der Waals surface area contributed by atoms with Crippen LogP contribution in [0.1, 0.15) is 13.3 Å². The van der Waals surface area contributed by atoms with Crippen LogP contribution in [0.5, 0.6) is 0 Å². The van der Waals surface area contributed by atoms with Crippen molar-refractivity contribution in [2.45, 2.75) is 18.6 Å². The second-order valence-corrected chi connectivity index (χ2v) is 5.32. The first kappa shape index (κ1) is 11.5. The molecule has 0 saturated carbocycles. The van der Waals surface area contributed by atoms with E-state index in [9.17, 15) is 4.79 Å². The Labute approximate surface area is 91.9 Å². The minimum Gasteiger partial charge on any atom is -0.465 e. The maximum atomic E-state index is 11.2. The largest absolute Gasteiger partial charge is 0.465 e. The zero-order valence-corrected chi connectivity index (χ0v) is 9.70. The van der Waals surface area contributed by atoms with E-state index < -0.39 is 5.97 Å². The third-order valence-corrected chi connectivity index (χ3v) is 4.97. The molecule has 1 saturated heterocycles. The summed E-state index contributed by atoms with van der Waals surface area (Å²) >= 11 is 3.18. The maximum absolute atomic E-state index is 11.2. The van der Waals surface area contributed by atoms with Crippen molar-refractivity contribution in [1.82, 2.24) is 0 Å². The van der Waals surface area contributed by atoms with Gasteiger partial charge in [-0.05, 0) is 6.42 Å². The van der Waals surface area contributed by atoms with Gasteiger partial charge in [-0.15, -0.1) is 23.5 Å². The summed E-state index contributed by atoms with van der Waals surface area (Å²) in [4.78, 5) is 11.2. The fourth-order valence-electron chi connectivity index (χ4n) is 0.997. The van der Waals surface area contributed by atoms with Gasteiger partial charge in [0.1, 0.15) is 6.07 Å². The van der Waals surface area contributed by atoms with Gasteiger partial charge in [-0.2, -0.15) is 5.26 Å². The maximum Gasteiger partial charge on any atom is 0.350 e. The van der Waals surface area contributed by atoms with Crippen molar-refractivity contribution in [3.63, 3.8) is 0 Å². The van der Waals surface area contributed by atoms with Crippen molar-refractivity contribution in [3.05, 3.63) is 9.81 Å². The number of ether oxygens (including phenoxy) is 1. The van der Waals surface area contributed by atoms with Crippen LogP contribution in [0.4, 0.5) is 0 Å². The Morgan fingerprint density at radius 2 is 2.50 bits per heavy atom. The van der Waals surface area contributed by atoms with Gasteiger partial charge in [0.25, 0.3) is 0 Å². The van der Waals surface area contributed by atoms with E-state index in [-0.39, 0.29) is 5.57 Å². The van der Waals surface area contributed by atoms with Crippen molar-refractivity contribution in [2.24, 2.45) is 0 Å². The monoisotopic (exact) mass is 229 g/mol. The Morgan fingerprint density at radius 3 is 2.93 bits per heavy atom. The molecule has 1 fully saturated rings. The molecule has 0 aromatic heterocycles. The molecule has 0 aromatic rings. The molecule has 0 aromatic carbocycles. The summed E-state index contributed by atoms with van der Waals surface area (Å²) < 4.78 is 5.35. The predicted octanol–water partition coefficient (Wildman–Crippen LogP) is 2.15. The molecule has 1 aliphatic rings. The molecule has 0 spiro atoms. The Morgan fingerprint density at radius 1 is 1.79 bits per heavy atom. The number of methoxy groups -OCH3 is 1. The van der Waals surface area contributed by atoms with Gasteiger partial charge in [0.2, 0.25) is 0 Å². The van der Waals surface area contributed by atoms with Gasteiger partial charge in [0.05, 0.1) is 11.3 Å². The molecule has 0 aliphatic carbocycles. The quantitative estimate of drug-likeness (QED) is 0.412. The number of esters is 1. The lowest BCUT2D eigenvalue weighted by Gasteiger charge is -2.01. The number of nitriles is 1. The van der Waals surface area contributed by atoms with Crippen LogP contribution in [0.25, 0.3) is 0 Å². The van der Waals surface area contributed by atoms with Crippen molar-refractivity contribution in [3.8, 4) is 6.07 Å². The van der Waals surface area contributed by atoms with Crippen molar-refractivity contribution >= 4 is 29.5 Å². The van der Waals surface area contributed by atoms with E-state index in [1.807, 2.05) is 6.07 Å². The minimum absolute atomic E-state index is 0.151. The summed E-state index contributed by atoms with van der Waals surface area (Å²) in [6.45, 7) is 2.10. The highest BCUT2D eigenvalue weighted by Gasteiger charge is 2.25. The lowest BCUT2D eigenvalue weighted by Crippen LogP contribution is -2.03. The fourth-order valence-corrected chi connectivity index (χ4v) is 3.92. The number of hydrogen-bond donors (Lipinski definition) is 0.